The van der Waals surface area contributed by atoms with Crippen LogP contribution in [0.2, 0.25) is 0 Å². The molecule has 10 nitrogen and oxygen atoms in total. The molecule has 3 rings (SSSR count). The number of nitro benzene ring substituents is 1. The quantitative estimate of drug-likeness (QED) is 0.522. The molecule has 1 saturated heterocycles. The summed E-state index contributed by atoms with van der Waals surface area (Å²) in [5, 5.41) is 20.2. The zero-order valence-corrected chi connectivity index (χ0v) is 19.5. The molecule has 176 valence electrons. The van der Waals surface area contributed by atoms with Crippen molar-refractivity contribution in [2.75, 3.05) is 25.5 Å². The minimum atomic E-state index is -0.579. The van der Waals surface area contributed by atoms with Crippen LogP contribution in [0.1, 0.15) is 47.0 Å². The van der Waals surface area contributed by atoms with Crippen molar-refractivity contribution in [1.29, 1.82) is 0 Å². The van der Waals surface area contributed by atoms with Crippen molar-refractivity contribution >= 4 is 28.4 Å². The summed E-state index contributed by atoms with van der Waals surface area (Å²) in [5.41, 5.74) is 0.634. The average molecular weight is 448 g/mol. The molecule has 1 aromatic heterocycles. The predicted octanol–water partition coefficient (Wildman–Crippen LogP) is 4.18. The second-order valence-electron chi connectivity index (χ2n) is 9.29. The second-order valence-corrected chi connectivity index (χ2v) is 9.29. The fourth-order valence-electron chi connectivity index (χ4n) is 3.87. The van der Waals surface area contributed by atoms with Gasteiger partial charge in [-0.1, -0.05) is 0 Å². The van der Waals surface area contributed by atoms with Gasteiger partial charge in [-0.05, 0) is 53.0 Å². The minimum absolute atomic E-state index is 0.00935. The van der Waals surface area contributed by atoms with E-state index in [1.807, 2.05) is 27.7 Å². The van der Waals surface area contributed by atoms with E-state index in [4.69, 9.17) is 9.47 Å². The van der Waals surface area contributed by atoms with Crippen LogP contribution in [0.5, 0.6) is 0 Å². The van der Waals surface area contributed by atoms with E-state index < -0.39 is 5.60 Å². The van der Waals surface area contributed by atoms with Gasteiger partial charge >= 0.3 is 6.09 Å². The van der Waals surface area contributed by atoms with Crippen molar-refractivity contribution in [3.8, 4) is 0 Å². The highest BCUT2D eigenvalue weighted by Gasteiger charge is 2.28. The first-order valence-electron chi connectivity index (χ1n) is 11.0. The van der Waals surface area contributed by atoms with Crippen molar-refractivity contribution in [1.82, 2.24) is 14.7 Å². The molecule has 1 aliphatic heterocycles. The summed E-state index contributed by atoms with van der Waals surface area (Å²) in [7, 11) is 1.64. The van der Waals surface area contributed by atoms with Gasteiger partial charge in [0, 0.05) is 32.3 Å². The summed E-state index contributed by atoms with van der Waals surface area (Å²) in [6.45, 7) is 9.01. The lowest BCUT2D eigenvalue weighted by molar-refractivity contribution is -0.383. The van der Waals surface area contributed by atoms with Gasteiger partial charge in [-0.2, -0.15) is 5.10 Å². The SMILES string of the molecule is CO[C@H](C)Cn1ncc2c(N[C@@H]3CCCCN(C(=O)OC(C)(C)C)C3)c([N+](=O)[O-])ccc21. The van der Waals surface area contributed by atoms with Gasteiger partial charge in [0.15, 0.2) is 0 Å². The van der Waals surface area contributed by atoms with Crippen LogP contribution in [0.15, 0.2) is 18.3 Å². The molecular formula is C22H33N5O5. The molecule has 0 unspecified atom stereocenters. The van der Waals surface area contributed by atoms with Crippen molar-refractivity contribution in [2.45, 2.75) is 71.2 Å². The van der Waals surface area contributed by atoms with E-state index in [1.165, 1.54) is 6.07 Å². The first kappa shape index (κ1) is 23.8. The van der Waals surface area contributed by atoms with Crippen molar-refractivity contribution < 1.29 is 19.2 Å². The molecule has 0 radical (unpaired) electrons. The Morgan fingerprint density at radius 2 is 2.12 bits per heavy atom. The van der Waals surface area contributed by atoms with E-state index in [-0.39, 0.29) is 28.8 Å². The van der Waals surface area contributed by atoms with Crippen LogP contribution < -0.4 is 5.32 Å². The van der Waals surface area contributed by atoms with E-state index in [2.05, 4.69) is 10.4 Å². The Labute approximate surface area is 188 Å². The van der Waals surface area contributed by atoms with Crippen molar-refractivity contribution in [3.63, 3.8) is 0 Å². The van der Waals surface area contributed by atoms with E-state index in [0.717, 1.165) is 24.8 Å². The Kier molecular flexibility index (Phi) is 7.22. The molecule has 1 fully saturated rings. The monoisotopic (exact) mass is 447 g/mol. The van der Waals surface area contributed by atoms with Crippen LogP contribution in [-0.2, 0) is 16.0 Å². The zero-order valence-electron chi connectivity index (χ0n) is 19.5. The standard InChI is InChI=1S/C22H33N5O5/c1-15(31-5)13-26-18-9-10-19(27(29)30)20(17(18)12-23-26)24-16-8-6-7-11-25(14-16)21(28)32-22(2,3)4/h9-10,12,15-16,24H,6-8,11,13-14H2,1-5H3/t15-,16-/m1/s1. The Morgan fingerprint density at radius 1 is 1.38 bits per heavy atom. The van der Waals surface area contributed by atoms with Crippen LogP contribution in [0.3, 0.4) is 0 Å². The number of carbonyl (C=O) groups is 1. The van der Waals surface area contributed by atoms with E-state index in [0.29, 0.717) is 30.7 Å². The van der Waals surface area contributed by atoms with Crippen LogP contribution in [-0.4, -0.2) is 63.6 Å². The van der Waals surface area contributed by atoms with Crippen molar-refractivity contribution in [2.24, 2.45) is 0 Å². The molecule has 1 aromatic carbocycles. The van der Waals surface area contributed by atoms with E-state index in [9.17, 15) is 14.9 Å². The molecule has 0 aliphatic carbocycles. The summed E-state index contributed by atoms with van der Waals surface area (Å²) in [6.07, 6.45) is 3.80. The molecule has 1 amide bonds. The first-order chi connectivity index (χ1) is 15.1. The third-order valence-electron chi connectivity index (χ3n) is 5.51. The highest BCUT2D eigenvalue weighted by atomic mass is 16.6. The number of ether oxygens (including phenoxy) is 2. The first-order valence-corrected chi connectivity index (χ1v) is 11.0. The molecule has 1 N–H and O–H groups in total. The van der Waals surface area contributed by atoms with Gasteiger partial charge in [-0.3, -0.25) is 14.8 Å². The molecule has 2 atom stereocenters. The number of likely N-dealkylation sites (tertiary alicyclic amines) is 1. The number of aromatic nitrogens is 2. The maximum absolute atomic E-state index is 12.6. The molecule has 1 aliphatic rings. The summed E-state index contributed by atoms with van der Waals surface area (Å²) in [5.74, 6) is 0. The maximum Gasteiger partial charge on any atom is 0.410 e. The van der Waals surface area contributed by atoms with Gasteiger partial charge < -0.3 is 19.7 Å². The average Bonchev–Trinajstić information content (AvgIpc) is 2.96. The number of anilines is 1. The molecule has 2 aromatic rings. The number of nitrogens with zero attached hydrogens (tertiary/aromatic N) is 4. The lowest BCUT2D eigenvalue weighted by Gasteiger charge is -2.29. The van der Waals surface area contributed by atoms with Gasteiger partial charge in [-0.15, -0.1) is 0 Å². The number of nitrogens with one attached hydrogen (secondary N) is 1. The number of nitro groups is 1. The number of carbonyl (C=O) groups excluding carboxylic acids is 1. The lowest BCUT2D eigenvalue weighted by atomic mass is 10.1. The summed E-state index contributed by atoms with van der Waals surface area (Å²) in [6, 6.07) is 3.08. The van der Waals surface area contributed by atoms with E-state index >= 15 is 0 Å². The van der Waals surface area contributed by atoms with Gasteiger partial charge in [0.1, 0.15) is 11.3 Å². The molecule has 0 bridgehead atoms. The number of hydrogen-bond acceptors (Lipinski definition) is 7. The predicted molar refractivity (Wildman–Crippen MR) is 122 cm³/mol. The molecule has 0 spiro atoms. The molecule has 10 heteroatoms. The van der Waals surface area contributed by atoms with Gasteiger partial charge in [0.05, 0.1) is 34.7 Å². The van der Waals surface area contributed by atoms with Crippen LogP contribution in [0.4, 0.5) is 16.2 Å². The number of fused-ring (bicyclic) bond motifs is 1. The fourth-order valence-corrected chi connectivity index (χ4v) is 3.87. The number of amides is 1. The largest absolute Gasteiger partial charge is 0.444 e. The molecular weight excluding hydrogens is 414 g/mol. The van der Waals surface area contributed by atoms with Gasteiger partial charge in [-0.25, -0.2) is 4.79 Å². The van der Waals surface area contributed by atoms with Crippen LogP contribution >= 0.6 is 0 Å². The topological polar surface area (TPSA) is 112 Å². The fraction of sp³-hybridized carbons (Fsp3) is 0.636. The summed E-state index contributed by atoms with van der Waals surface area (Å²) in [4.78, 5) is 25.7. The Morgan fingerprint density at radius 3 is 2.78 bits per heavy atom. The maximum atomic E-state index is 12.6. The lowest BCUT2D eigenvalue weighted by Crippen LogP contribution is -2.42. The minimum Gasteiger partial charge on any atom is -0.444 e. The zero-order chi connectivity index (χ0) is 23.5. The summed E-state index contributed by atoms with van der Waals surface area (Å²) >= 11 is 0. The highest BCUT2D eigenvalue weighted by molar-refractivity contribution is 5.96. The third kappa shape index (κ3) is 5.67. The highest BCUT2D eigenvalue weighted by Crippen LogP contribution is 2.34. The molecule has 32 heavy (non-hydrogen) atoms. The second kappa shape index (κ2) is 9.72. The van der Waals surface area contributed by atoms with Crippen LogP contribution in [0, 0.1) is 10.1 Å². The van der Waals surface area contributed by atoms with Crippen molar-refractivity contribution in [3.05, 3.63) is 28.4 Å². The van der Waals surface area contributed by atoms with Crippen LogP contribution in [0.25, 0.3) is 10.9 Å². The molecule has 0 saturated carbocycles. The number of rotatable bonds is 6. The van der Waals surface area contributed by atoms with E-state index in [1.54, 1.807) is 29.0 Å². The molecule has 2 heterocycles. The Balaban J connectivity index is 1.89. The number of methoxy groups -OCH3 is 1. The number of benzene rings is 1. The third-order valence-corrected chi connectivity index (χ3v) is 5.51. The van der Waals surface area contributed by atoms with Gasteiger partial charge in [0.2, 0.25) is 0 Å². The Bertz CT molecular complexity index is 968. The normalized spacial score (nSPS) is 18.3. The smallest absolute Gasteiger partial charge is 0.410 e. The summed E-state index contributed by atoms with van der Waals surface area (Å²) < 4.78 is 12.7. The number of hydrogen-bond donors (Lipinski definition) is 1. The van der Waals surface area contributed by atoms with Gasteiger partial charge in [0.25, 0.3) is 5.69 Å². The Hall–Kier alpha value is -2.88.